The normalized spacial score (nSPS) is 25.8. The maximum absolute atomic E-state index is 12.6. The van der Waals surface area contributed by atoms with E-state index < -0.39 is 10.0 Å². The van der Waals surface area contributed by atoms with Gasteiger partial charge in [-0.3, -0.25) is 4.90 Å². The molecule has 0 bridgehead atoms. The Bertz CT molecular complexity index is 725. The number of ether oxygens (including phenoxy) is 2. The second-order valence-corrected chi connectivity index (χ2v) is 9.65. The van der Waals surface area contributed by atoms with Crippen LogP contribution in [0, 0.1) is 5.92 Å². The molecule has 0 saturated carbocycles. The third-order valence-corrected chi connectivity index (χ3v) is 7.84. The Morgan fingerprint density at radius 2 is 1.89 bits per heavy atom. The Labute approximate surface area is 167 Å². The summed E-state index contributed by atoms with van der Waals surface area (Å²) < 4.78 is 37.9. The highest BCUT2D eigenvalue weighted by atomic mass is 32.2. The molecule has 3 fully saturated rings. The molecule has 3 aliphatic heterocycles. The molecule has 28 heavy (non-hydrogen) atoms. The van der Waals surface area contributed by atoms with Crippen molar-refractivity contribution in [3.05, 3.63) is 18.3 Å². The summed E-state index contributed by atoms with van der Waals surface area (Å²) in [6, 6.07) is 3.79. The first-order chi connectivity index (χ1) is 13.6. The van der Waals surface area contributed by atoms with Gasteiger partial charge in [0, 0.05) is 57.5 Å². The lowest BCUT2D eigenvalue weighted by molar-refractivity contribution is 0.00460. The fourth-order valence-corrected chi connectivity index (χ4v) is 5.75. The quantitative estimate of drug-likeness (QED) is 0.718. The van der Waals surface area contributed by atoms with E-state index in [1.165, 1.54) is 6.20 Å². The third kappa shape index (κ3) is 4.49. The summed E-state index contributed by atoms with van der Waals surface area (Å²) in [6.07, 6.45) is 4.41. The largest absolute Gasteiger partial charge is 0.381 e. The average molecular weight is 411 g/mol. The van der Waals surface area contributed by atoms with Crippen LogP contribution in [0.1, 0.15) is 19.3 Å². The summed E-state index contributed by atoms with van der Waals surface area (Å²) in [5.41, 5.74) is 0. The predicted octanol–water partition coefficient (Wildman–Crippen LogP) is 1.02. The molecule has 3 saturated heterocycles. The summed E-state index contributed by atoms with van der Waals surface area (Å²) in [7, 11) is -3.41. The van der Waals surface area contributed by atoms with Gasteiger partial charge < -0.3 is 14.8 Å². The van der Waals surface area contributed by atoms with Gasteiger partial charge in [0.1, 0.15) is 10.7 Å². The van der Waals surface area contributed by atoms with Crippen LogP contribution in [0.4, 0.5) is 5.82 Å². The van der Waals surface area contributed by atoms with Gasteiger partial charge in [-0.05, 0) is 31.4 Å². The van der Waals surface area contributed by atoms with Crippen LogP contribution >= 0.6 is 0 Å². The number of aromatic nitrogens is 1. The molecular weight excluding hydrogens is 380 g/mol. The number of nitrogens with one attached hydrogen (secondary N) is 1. The van der Waals surface area contributed by atoms with Crippen molar-refractivity contribution in [2.45, 2.75) is 30.2 Å². The zero-order valence-electron chi connectivity index (χ0n) is 16.3. The number of pyridine rings is 1. The van der Waals surface area contributed by atoms with E-state index in [1.807, 2.05) is 0 Å². The van der Waals surface area contributed by atoms with Crippen LogP contribution in [0.25, 0.3) is 0 Å². The zero-order valence-corrected chi connectivity index (χ0v) is 17.1. The van der Waals surface area contributed by atoms with Gasteiger partial charge >= 0.3 is 0 Å². The highest BCUT2D eigenvalue weighted by Crippen LogP contribution is 2.24. The molecular formula is C19H30N4O4S. The molecule has 0 aromatic carbocycles. The maximum atomic E-state index is 12.6. The minimum atomic E-state index is -3.41. The summed E-state index contributed by atoms with van der Waals surface area (Å²) >= 11 is 0. The van der Waals surface area contributed by atoms with Crippen molar-refractivity contribution in [1.29, 1.82) is 0 Å². The van der Waals surface area contributed by atoms with E-state index in [0.717, 1.165) is 65.3 Å². The van der Waals surface area contributed by atoms with Crippen molar-refractivity contribution < 1.29 is 17.9 Å². The Kier molecular flexibility index (Phi) is 6.47. The average Bonchev–Trinajstić information content (AvgIpc) is 3.44. The second-order valence-electron chi connectivity index (χ2n) is 7.71. The molecule has 4 rings (SSSR count). The Morgan fingerprint density at radius 3 is 2.54 bits per heavy atom. The first kappa shape index (κ1) is 20.0. The topological polar surface area (TPSA) is 84.0 Å². The summed E-state index contributed by atoms with van der Waals surface area (Å²) in [5, 5.41) is 3.41. The van der Waals surface area contributed by atoms with Gasteiger partial charge in [-0.25, -0.2) is 13.4 Å². The molecule has 4 heterocycles. The molecule has 0 amide bonds. The third-order valence-electron chi connectivity index (χ3n) is 5.96. The standard InChI is InChI=1S/C19H30N4O4S/c24-28(25,23-6-1-2-7-23)17-3-4-19(20-13-17)21-14-18(16-5-10-27-15-16)22-8-11-26-12-9-22/h3-4,13,16,18H,1-2,5-12,14-15H2,(H,20,21). The van der Waals surface area contributed by atoms with Crippen molar-refractivity contribution in [1.82, 2.24) is 14.2 Å². The number of anilines is 1. The van der Waals surface area contributed by atoms with Gasteiger partial charge in [0.05, 0.1) is 19.8 Å². The maximum Gasteiger partial charge on any atom is 0.244 e. The van der Waals surface area contributed by atoms with E-state index in [9.17, 15) is 8.42 Å². The van der Waals surface area contributed by atoms with Crippen LogP contribution in [0.3, 0.4) is 0 Å². The molecule has 1 N–H and O–H groups in total. The van der Waals surface area contributed by atoms with E-state index in [1.54, 1.807) is 16.4 Å². The lowest BCUT2D eigenvalue weighted by Gasteiger charge is -2.37. The lowest BCUT2D eigenvalue weighted by atomic mass is 9.97. The molecule has 0 spiro atoms. The fraction of sp³-hybridized carbons (Fsp3) is 0.737. The van der Waals surface area contributed by atoms with E-state index in [0.29, 0.717) is 30.9 Å². The van der Waals surface area contributed by atoms with Crippen LogP contribution < -0.4 is 5.32 Å². The summed E-state index contributed by atoms with van der Waals surface area (Å²) in [5.74, 6) is 1.21. The molecule has 8 nitrogen and oxygen atoms in total. The van der Waals surface area contributed by atoms with Crippen LogP contribution in [-0.4, -0.2) is 87.8 Å². The second kappa shape index (κ2) is 9.04. The monoisotopic (exact) mass is 410 g/mol. The predicted molar refractivity (Wildman–Crippen MR) is 106 cm³/mol. The smallest absolute Gasteiger partial charge is 0.244 e. The summed E-state index contributed by atoms with van der Waals surface area (Å²) in [4.78, 5) is 7.12. The van der Waals surface area contributed by atoms with Crippen molar-refractivity contribution >= 4 is 15.8 Å². The molecule has 0 aliphatic carbocycles. The van der Waals surface area contributed by atoms with Crippen LogP contribution in [0.2, 0.25) is 0 Å². The molecule has 156 valence electrons. The molecule has 1 aromatic rings. The molecule has 1 aromatic heterocycles. The van der Waals surface area contributed by atoms with Crippen LogP contribution in [0.5, 0.6) is 0 Å². The Balaban J connectivity index is 1.39. The van der Waals surface area contributed by atoms with E-state index in [4.69, 9.17) is 9.47 Å². The van der Waals surface area contributed by atoms with Gasteiger partial charge in [0.15, 0.2) is 0 Å². The van der Waals surface area contributed by atoms with Gasteiger partial charge in [-0.15, -0.1) is 0 Å². The number of nitrogens with zero attached hydrogens (tertiary/aromatic N) is 3. The van der Waals surface area contributed by atoms with Gasteiger partial charge in [-0.2, -0.15) is 4.31 Å². The highest BCUT2D eigenvalue weighted by molar-refractivity contribution is 7.89. The molecule has 9 heteroatoms. The van der Waals surface area contributed by atoms with E-state index in [-0.39, 0.29) is 4.90 Å². The number of rotatable bonds is 7. The molecule has 3 aliphatic rings. The number of morpholine rings is 1. The first-order valence-corrected chi connectivity index (χ1v) is 11.7. The molecule has 2 unspecified atom stereocenters. The van der Waals surface area contributed by atoms with Crippen molar-refractivity contribution in [3.63, 3.8) is 0 Å². The van der Waals surface area contributed by atoms with E-state index in [2.05, 4.69) is 15.2 Å². The van der Waals surface area contributed by atoms with Crippen molar-refractivity contribution in [2.75, 3.05) is 64.5 Å². The molecule has 2 atom stereocenters. The Morgan fingerprint density at radius 1 is 1.11 bits per heavy atom. The fourth-order valence-electron chi connectivity index (χ4n) is 4.28. The minimum absolute atomic E-state index is 0.272. The van der Waals surface area contributed by atoms with Gasteiger partial charge in [-0.1, -0.05) is 0 Å². The lowest BCUT2D eigenvalue weighted by Crippen LogP contribution is -2.50. The SMILES string of the molecule is O=S(=O)(c1ccc(NCC(C2CCOC2)N2CCOCC2)nc1)N1CCCC1. The minimum Gasteiger partial charge on any atom is -0.381 e. The zero-order chi connectivity index (χ0) is 19.4. The highest BCUT2D eigenvalue weighted by Gasteiger charge is 2.31. The van der Waals surface area contributed by atoms with Crippen LogP contribution in [0.15, 0.2) is 23.2 Å². The van der Waals surface area contributed by atoms with Crippen molar-refractivity contribution in [2.24, 2.45) is 5.92 Å². The van der Waals surface area contributed by atoms with Crippen molar-refractivity contribution in [3.8, 4) is 0 Å². The van der Waals surface area contributed by atoms with Gasteiger partial charge in [0.2, 0.25) is 10.0 Å². The molecule has 0 radical (unpaired) electrons. The number of sulfonamides is 1. The van der Waals surface area contributed by atoms with Crippen LogP contribution in [-0.2, 0) is 19.5 Å². The summed E-state index contributed by atoms with van der Waals surface area (Å²) in [6.45, 7) is 7.00. The van der Waals surface area contributed by atoms with E-state index >= 15 is 0 Å². The number of hydrogen-bond acceptors (Lipinski definition) is 7. The first-order valence-electron chi connectivity index (χ1n) is 10.2. The van der Waals surface area contributed by atoms with Gasteiger partial charge in [0.25, 0.3) is 0 Å². The number of hydrogen-bond donors (Lipinski definition) is 1. The Hall–Kier alpha value is -1.26.